The van der Waals surface area contributed by atoms with Crippen LogP contribution in [0.25, 0.3) is 0 Å². The molecule has 0 aromatic heterocycles. The van der Waals surface area contributed by atoms with Crippen molar-refractivity contribution in [3.8, 4) is 0 Å². The van der Waals surface area contributed by atoms with Crippen molar-refractivity contribution < 1.29 is 99.3 Å². The van der Waals surface area contributed by atoms with Gasteiger partial charge in [0.25, 0.3) is 0 Å². The highest BCUT2D eigenvalue weighted by atomic mass is 32.2. The second kappa shape index (κ2) is 37.1. The number of carbonyl (C=O) groups is 15. The molecule has 13 N–H and O–H groups in total. The van der Waals surface area contributed by atoms with Gasteiger partial charge in [-0.25, -0.2) is 8.42 Å². The van der Waals surface area contributed by atoms with Gasteiger partial charge in [0.2, 0.25) is 77.0 Å². The summed E-state index contributed by atoms with van der Waals surface area (Å²) in [7, 11) is -3.16. The van der Waals surface area contributed by atoms with Crippen LogP contribution in [0.3, 0.4) is 0 Å². The van der Waals surface area contributed by atoms with Crippen LogP contribution in [-0.4, -0.2) is 219 Å². The van der Waals surface area contributed by atoms with E-state index in [1.165, 1.54) is 0 Å². The molecule has 1 rings (SSSR count). The van der Waals surface area contributed by atoms with Gasteiger partial charge in [-0.3, -0.25) is 71.9 Å². The monoisotopic (exact) mass is 1080 g/mol. The number of carbonyl (C=O) groups excluding carboxylic acids is 15. The van der Waals surface area contributed by atoms with Gasteiger partial charge in [0.15, 0.2) is 22.3 Å². The molecule has 0 spiro atoms. The lowest BCUT2D eigenvalue weighted by molar-refractivity contribution is -0.158. The van der Waals surface area contributed by atoms with Gasteiger partial charge in [0.1, 0.15) is 11.3 Å². The molecule has 33 nitrogen and oxygen atoms in total. The first kappa shape index (κ1) is 64.3. The summed E-state index contributed by atoms with van der Waals surface area (Å²) in [6, 6.07) is -0.979. The molecule has 0 saturated heterocycles. The fraction of sp³-hybridized carbons (Fsp3) is 0.625. The Balaban J connectivity index is 2.05. The first-order valence-corrected chi connectivity index (χ1v) is 23.7. The summed E-state index contributed by atoms with van der Waals surface area (Å²) in [6.07, 6.45) is -1.91. The van der Waals surface area contributed by atoms with Gasteiger partial charge < -0.3 is 83.2 Å². The highest BCUT2D eigenvalue weighted by Gasteiger charge is 2.45. The number of nitrogens with two attached hydrogens (primary N) is 1. The number of primary amides is 1. The van der Waals surface area contributed by atoms with Crippen LogP contribution in [0.4, 0.5) is 0 Å². The second-order valence-electron chi connectivity index (χ2n) is 15.2. The molecular formula is C40H62N12O21S. The molecule has 1 saturated carbocycles. The number of rotatable bonds is 38. The summed E-state index contributed by atoms with van der Waals surface area (Å²) in [4.78, 5) is 179. The molecule has 0 aliphatic heterocycles. The summed E-state index contributed by atoms with van der Waals surface area (Å²) in [5.74, 6) is -11.7. The molecule has 1 aliphatic rings. The Morgan fingerprint density at radius 3 is 1.20 bits per heavy atom. The van der Waals surface area contributed by atoms with Gasteiger partial charge in [-0.2, -0.15) is 0 Å². The summed E-state index contributed by atoms with van der Waals surface area (Å²) >= 11 is 0. The Kier molecular flexibility index (Phi) is 32.2. The van der Waals surface area contributed by atoms with E-state index in [1.54, 1.807) is 6.92 Å². The van der Waals surface area contributed by atoms with E-state index >= 15 is 0 Å². The van der Waals surface area contributed by atoms with Crippen molar-refractivity contribution in [1.29, 1.82) is 0 Å². The van der Waals surface area contributed by atoms with Crippen LogP contribution in [0.15, 0.2) is 0 Å². The number of hydrogen-bond acceptors (Lipinski definition) is 21. The van der Waals surface area contributed by atoms with E-state index in [-0.39, 0.29) is 58.9 Å². The third kappa shape index (κ3) is 30.9. The van der Waals surface area contributed by atoms with Crippen LogP contribution in [0, 0.1) is 0 Å². The quantitative estimate of drug-likeness (QED) is 0.0118. The van der Waals surface area contributed by atoms with Crippen molar-refractivity contribution >= 4 is 99.1 Å². The SMILES string of the molecule is CCCC(NC(=O)CNC(=O)CNC(=O)CNC(=O)CNC(=O)CNC(=O)CNC(=O)CNC(=O)CNC(=O)CNC(=O)CCOCCOCCOCCC(=O)OC1C(=O)CC([SH](=O)=O)C1=O)C(=O)NCC(N)=O. The lowest BCUT2D eigenvalue weighted by atomic mass is 10.1. The molecule has 1 aliphatic carbocycles. The number of hydrogen-bond donors (Lipinski definition) is 13. The second-order valence-corrected chi connectivity index (χ2v) is 16.4. The fourth-order valence-corrected chi connectivity index (χ4v) is 6.06. The number of amides is 12. The average molecular weight is 1080 g/mol. The predicted octanol–water partition coefficient (Wildman–Crippen LogP) is -10.8. The normalized spacial score (nSPS) is 14.0. The van der Waals surface area contributed by atoms with E-state index in [0.29, 0.717) is 6.42 Å². The Hall–Kier alpha value is -7.72. The molecule has 12 amide bonds. The Bertz CT molecular complexity index is 2120. The summed E-state index contributed by atoms with van der Waals surface area (Å²) in [5, 5.41) is 23.1. The minimum atomic E-state index is -3.16. The molecule has 74 heavy (non-hydrogen) atoms. The third-order valence-corrected chi connectivity index (χ3v) is 10.1. The topological polar surface area (TPSA) is 485 Å². The zero-order valence-corrected chi connectivity index (χ0v) is 41.1. The van der Waals surface area contributed by atoms with Gasteiger partial charge >= 0.3 is 5.97 Å². The van der Waals surface area contributed by atoms with Crippen molar-refractivity contribution in [2.75, 3.05) is 105 Å². The zero-order chi connectivity index (χ0) is 55.4. The minimum Gasteiger partial charge on any atom is -0.446 e. The third-order valence-electron chi connectivity index (χ3n) is 9.13. The zero-order valence-electron chi connectivity index (χ0n) is 40.2. The van der Waals surface area contributed by atoms with Crippen molar-refractivity contribution in [1.82, 2.24) is 58.5 Å². The fourth-order valence-electron chi connectivity index (χ4n) is 5.38. The van der Waals surface area contributed by atoms with Gasteiger partial charge in [0, 0.05) is 12.8 Å². The van der Waals surface area contributed by atoms with Crippen molar-refractivity contribution in [3.63, 3.8) is 0 Å². The van der Waals surface area contributed by atoms with Crippen LogP contribution >= 0.6 is 0 Å². The molecule has 3 atom stereocenters. The first-order chi connectivity index (χ1) is 35.1. The van der Waals surface area contributed by atoms with E-state index in [1.807, 2.05) is 0 Å². The highest BCUT2D eigenvalue weighted by Crippen LogP contribution is 2.18. The summed E-state index contributed by atoms with van der Waals surface area (Å²) in [5.41, 5.74) is 4.99. The van der Waals surface area contributed by atoms with Crippen LogP contribution in [-0.2, 0) is 102 Å². The van der Waals surface area contributed by atoms with E-state index in [4.69, 9.17) is 24.7 Å². The number of thiol groups is 1. The van der Waals surface area contributed by atoms with Crippen LogP contribution < -0.4 is 64.2 Å². The van der Waals surface area contributed by atoms with E-state index in [9.17, 15) is 80.3 Å². The number of ketones is 2. The number of esters is 1. The van der Waals surface area contributed by atoms with E-state index in [2.05, 4.69) is 58.5 Å². The van der Waals surface area contributed by atoms with Gasteiger partial charge in [-0.15, -0.1) is 0 Å². The van der Waals surface area contributed by atoms with Crippen LogP contribution in [0.1, 0.15) is 39.0 Å². The molecule has 0 heterocycles. The largest absolute Gasteiger partial charge is 0.446 e. The Morgan fingerprint density at radius 2 is 0.851 bits per heavy atom. The lowest BCUT2D eigenvalue weighted by Crippen LogP contribution is -2.51. The lowest BCUT2D eigenvalue weighted by Gasteiger charge is -2.17. The summed E-state index contributed by atoms with van der Waals surface area (Å²) < 4.78 is 42.6. The van der Waals surface area contributed by atoms with Crippen LogP contribution in [0.5, 0.6) is 0 Å². The smallest absolute Gasteiger partial charge is 0.309 e. The standard InChI is InChI=1S/C40H62N12O21S/c1-2-3-23(40(67)51-13-26(41)54)52-36(64)22-50-35(63)21-49-34(62)20-48-33(61)19-47-32(60)18-46-31(59)17-45-30(58)16-44-29(57)15-43-28(56)14-42-27(55)4-6-70-8-10-72-11-9-71-7-5-37(65)73-39-24(53)12-25(38(39)66)74(68)69/h23,25,39,74H,2-22H2,1H3,(H2,41,54)(H,42,55)(H,43,56)(H,44,57)(H,45,58)(H,46,59)(H,47,60)(H,48,61)(H,49,62)(H,50,63)(H,51,67)(H,52,64). The molecule has 0 aromatic carbocycles. The molecule has 0 bridgehead atoms. The molecule has 0 aromatic rings. The maximum Gasteiger partial charge on any atom is 0.309 e. The maximum absolute atomic E-state index is 12.2. The van der Waals surface area contributed by atoms with Crippen molar-refractivity contribution in [2.45, 2.75) is 56.4 Å². The predicted molar refractivity (Wildman–Crippen MR) is 246 cm³/mol. The highest BCUT2D eigenvalue weighted by molar-refractivity contribution is 7.74. The maximum atomic E-state index is 12.2. The number of Topliss-reactive ketones (excluding diaryl/α,β-unsaturated/α-hetero) is 2. The summed E-state index contributed by atoms with van der Waals surface area (Å²) in [6.45, 7) is -3.51. The van der Waals surface area contributed by atoms with Gasteiger partial charge in [0.05, 0.1) is 112 Å². The van der Waals surface area contributed by atoms with Gasteiger partial charge in [-0.05, 0) is 6.42 Å². The minimum absolute atomic E-state index is 0.0153. The molecule has 3 unspecified atom stereocenters. The van der Waals surface area contributed by atoms with Crippen LogP contribution in [0.2, 0.25) is 0 Å². The Morgan fingerprint density at radius 1 is 0.500 bits per heavy atom. The molecule has 0 radical (unpaired) electrons. The average Bonchev–Trinajstić information content (AvgIpc) is 3.64. The number of ether oxygens (including phenoxy) is 4. The Labute approximate surface area is 423 Å². The van der Waals surface area contributed by atoms with E-state index < -0.39 is 188 Å². The molecular weight excluding hydrogens is 1020 g/mol. The van der Waals surface area contributed by atoms with E-state index in [0.717, 1.165) is 0 Å². The number of nitrogens with one attached hydrogen (secondary N) is 11. The first-order valence-electron chi connectivity index (χ1n) is 22.5. The van der Waals surface area contributed by atoms with Crippen molar-refractivity contribution in [3.05, 3.63) is 0 Å². The molecule has 414 valence electrons. The van der Waals surface area contributed by atoms with Crippen molar-refractivity contribution in [2.24, 2.45) is 5.73 Å². The molecule has 1 fully saturated rings. The molecule has 34 heteroatoms. The van der Waals surface area contributed by atoms with Gasteiger partial charge in [-0.1, -0.05) is 13.3 Å².